The van der Waals surface area contributed by atoms with Gasteiger partial charge in [-0.2, -0.15) is 0 Å². The lowest BCUT2D eigenvalue weighted by molar-refractivity contribution is -0.115. The lowest BCUT2D eigenvalue weighted by Crippen LogP contribution is -2.29. The number of fused-ring (bicyclic) bond motifs is 1. The number of anilines is 1. The molecule has 3 rings (SSSR count). The maximum Gasteiger partial charge on any atom is 0.251 e. The van der Waals surface area contributed by atoms with Crippen LogP contribution in [0.4, 0.5) is 10.1 Å². The van der Waals surface area contributed by atoms with E-state index in [0.29, 0.717) is 16.8 Å². The van der Waals surface area contributed by atoms with Gasteiger partial charge in [0.15, 0.2) is 0 Å². The van der Waals surface area contributed by atoms with Crippen LogP contribution in [0.25, 0.3) is 0 Å². The molecule has 0 bridgehead atoms. The fraction of sp³-hybridized carbons (Fsp3) is 0.222. The lowest BCUT2D eigenvalue weighted by atomic mass is 10.1. The van der Waals surface area contributed by atoms with Crippen molar-refractivity contribution in [3.05, 3.63) is 59.4 Å². The Morgan fingerprint density at radius 2 is 2.04 bits per heavy atom. The summed E-state index contributed by atoms with van der Waals surface area (Å²) in [5.41, 5.74) is 1.49. The van der Waals surface area contributed by atoms with Gasteiger partial charge in [-0.05, 0) is 38.1 Å². The second-order valence-corrected chi connectivity index (χ2v) is 7.06. The van der Waals surface area contributed by atoms with Gasteiger partial charge in [-0.3, -0.25) is 9.59 Å². The first-order valence-corrected chi connectivity index (χ1v) is 8.50. The van der Waals surface area contributed by atoms with Crippen LogP contribution in [0.2, 0.25) is 0 Å². The minimum Gasteiger partial charge on any atom is -0.345 e. The Labute approximate surface area is 143 Å². The fourth-order valence-corrected chi connectivity index (χ4v) is 3.46. The molecule has 6 heteroatoms. The molecular weight excluding hydrogens is 327 g/mol. The van der Waals surface area contributed by atoms with Crippen molar-refractivity contribution in [2.24, 2.45) is 0 Å². The molecule has 1 aliphatic rings. The Bertz CT molecular complexity index is 809. The van der Waals surface area contributed by atoms with Gasteiger partial charge in [-0.1, -0.05) is 18.2 Å². The van der Waals surface area contributed by atoms with E-state index in [0.717, 1.165) is 4.90 Å². The van der Waals surface area contributed by atoms with E-state index in [1.165, 1.54) is 17.8 Å². The summed E-state index contributed by atoms with van der Waals surface area (Å²) in [5, 5.41) is 5.43. The molecule has 2 atom stereocenters. The highest BCUT2D eigenvalue weighted by molar-refractivity contribution is 8.00. The van der Waals surface area contributed by atoms with Gasteiger partial charge in [0, 0.05) is 16.0 Å². The molecule has 2 amide bonds. The summed E-state index contributed by atoms with van der Waals surface area (Å²) in [6.07, 6.45) is 0. The number of hydrogen-bond donors (Lipinski definition) is 2. The molecule has 0 unspecified atom stereocenters. The second-order valence-electron chi connectivity index (χ2n) is 5.68. The third-order valence-electron chi connectivity index (χ3n) is 3.89. The van der Waals surface area contributed by atoms with Crippen LogP contribution in [0.15, 0.2) is 47.4 Å². The Balaban J connectivity index is 1.78. The Hall–Kier alpha value is -2.34. The molecule has 0 fully saturated rings. The predicted molar refractivity (Wildman–Crippen MR) is 92.7 cm³/mol. The van der Waals surface area contributed by atoms with E-state index in [1.54, 1.807) is 37.3 Å². The second kappa shape index (κ2) is 6.65. The molecule has 4 nitrogen and oxygen atoms in total. The molecule has 1 aliphatic heterocycles. The monoisotopic (exact) mass is 344 g/mol. The molecule has 0 saturated carbocycles. The summed E-state index contributed by atoms with van der Waals surface area (Å²) >= 11 is 1.46. The average molecular weight is 344 g/mol. The summed E-state index contributed by atoms with van der Waals surface area (Å²) in [7, 11) is 0. The lowest BCUT2D eigenvalue weighted by Gasteiger charge is -2.22. The number of carbonyl (C=O) groups excluding carboxylic acids is 2. The summed E-state index contributed by atoms with van der Waals surface area (Å²) in [4.78, 5) is 25.1. The molecule has 0 aromatic heterocycles. The van der Waals surface area contributed by atoms with Gasteiger partial charge >= 0.3 is 0 Å². The molecule has 2 N–H and O–H groups in total. The maximum absolute atomic E-state index is 13.8. The number of halogens is 1. The highest BCUT2D eigenvalue weighted by Crippen LogP contribution is 2.36. The first-order chi connectivity index (χ1) is 11.5. The van der Waals surface area contributed by atoms with Crippen LogP contribution in [0, 0.1) is 5.82 Å². The molecule has 24 heavy (non-hydrogen) atoms. The molecular formula is C18H17FN2O2S. The molecule has 1 heterocycles. The first-order valence-electron chi connectivity index (χ1n) is 7.62. The summed E-state index contributed by atoms with van der Waals surface area (Å²) in [6, 6.07) is 11.1. The Morgan fingerprint density at radius 3 is 2.79 bits per heavy atom. The number of benzene rings is 2. The van der Waals surface area contributed by atoms with E-state index >= 15 is 0 Å². The van der Waals surface area contributed by atoms with Gasteiger partial charge in [0.25, 0.3) is 5.91 Å². The van der Waals surface area contributed by atoms with Crippen LogP contribution in [0.5, 0.6) is 0 Å². The van der Waals surface area contributed by atoms with E-state index in [2.05, 4.69) is 10.6 Å². The van der Waals surface area contributed by atoms with Crippen LogP contribution < -0.4 is 10.6 Å². The number of amides is 2. The van der Waals surface area contributed by atoms with Gasteiger partial charge in [0.05, 0.1) is 17.0 Å². The van der Waals surface area contributed by atoms with Gasteiger partial charge in [-0.15, -0.1) is 11.8 Å². The largest absolute Gasteiger partial charge is 0.345 e. The van der Waals surface area contributed by atoms with Gasteiger partial charge in [-0.25, -0.2) is 4.39 Å². The number of nitrogens with one attached hydrogen (secondary N) is 2. The van der Waals surface area contributed by atoms with Crippen LogP contribution >= 0.6 is 11.8 Å². The van der Waals surface area contributed by atoms with Crippen molar-refractivity contribution < 1.29 is 14.0 Å². The summed E-state index contributed by atoms with van der Waals surface area (Å²) in [6.45, 7) is 3.56. The topological polar surface area (TPSA) is 58.2 Å². The van der Waals surface area contributed by atoms with E-state index in [4.69, 9.17) is 0 Å². The minimum absolute atomic E-state index is 0.0789. The maximum atomic E-state index is 13.8. The van der Waals surface area contributed by atoms with Crippen molar-refractivity contribution in [2.45, 2.75) is 30.0 Å². The van der Waals surface area contributed by atoms with Crippen LogP contribution in [0.1, 0.15) is 35.8 Å². The van der Waals surface area contributed by atoms with Crippen LogP contribution in [0.3, 0.4) is 0 Å². The van der Waals surface area contributed by atoms with Crippen molar-refractivity contribution in [3.63, 3.8) is 0 Å². The number of hydrogen-bond acceptors (Lipinski definition) is 3. The van der Waals surface area contributed by atoms with Crippen molar-refractivity contribution in [1.29, 1.82) is 0 Å². The number of thioether (sulfide) groups is 1. The van der Waals surface area contributed by atoms with Crippen molar-refractivity contribution in [2.75, 3.05) is 5.32 Å². The Morgan fingerprint density at radius 1 is 1.29 bits per heavy atom. The third-order valence-corrected chi connectivity index (χ3v) is 5.07. The predicted octanol–water partition coefficient (Wildman–Crippen LogP) is 3.75. The molecule has 124 valence electrons. The van der Waals surface area contributed by atoms with Gasteiger partial charge < -0.3 is 10.6 Å². The molecule has 0 spiro atoms. The van der Waals surface area contributed by atoms with Crippen LogP contribution in [-0.4, -0.2) is 17.1 Å². The fourth-order valence-electron chi connectivity index (χ4n) is 2.53. The summed E-state index contributed by atoms with van der Waals surface area (Å²) in [5.74, 6) is -0.746. The summed E-state index contributed by atoms with van der Waals surface area (Å²) < 4.78 is 13.8. The van der Waals surface area contributed by atoms with E-state index in [9.17, 15) is 14.0 Å². The quantitative estimate of drug-likeness (QED) is 0.891. The highest BCUT2D eigenvalue weighted by atomic mass is 32.2. The smallest absolute Gasteiger partial charge is 0.251 e. The minimum atomic E-state index is -0.460. The van der Waals surface area contributed by atoms with Gasteiger partial charge in [0.1, 0.15) is 5.82 Å². The molecule has 0 aliphatic carbocycles. The zero-order valence-corrected chi connectivity index (χ0v) is 14.1. The highest BCUT2D eigenvalue weighted by Gasteiger charge is 2.24. The number of rotatable bonds is 3. The van der Waals surface area contributed by atoms with Crippen molar-refractivity contribution in [1.82, 2.24) is 5.32 Å². The zero-order chi connectivity index (χ0) is 17.3. The SMILES string of the molecule is C[C@H]1Sc2ccc(C(=O)N[C@H](C)c3ccccc3F)cc2NC1=O. The van der Waals surface area contributed by atoms with Gasteiger partial charge in [0.2, 0.25) is 5.91 Å². The average Bonchev–Trinajstić information content (AvgIpc) is 2.55. The normalized spacial score (nSPS) is 17.6. The van der Waals surface area contributed by atoms with Crippen molar-refractivity contribution in [3.8, 4) is 0 Å². The zero-order valence-electron chi connectivity index (χ0n) is 13.3. The third kappa shape index (κ3) is 3.28. The molecule has 0 radical (unpaired) electrons. The molecule has 0 saturated heterocycles. The number of carbonyl (C=O) groups is 2. The molecule has 2 aromatic carbocycles. The first kappa shape index (κ1) is 16.5. The standard InChI is InChI=1S/C18H17FN2O2S/c1-10(13-5-3-4-6-14(13)19)20-18(23)12-7-8-16-15(9-12)21-17(22)11(2)24-16/h3-11H,1-2H3,(H,20,23)(H,21,22)/t10-,11-/m1/s1. The van der Waals surface area contributed by atoms with E-state index in [1.807, 2.05) is 13.0 Å². The van der Waals surface area contributed by atoms with Crippen LogP contribution in [-0.2, 0) is 4.79 Å². The van der Waals surface area contributed by atoms with E-state index < -0.39 is 6.04 Å². The van der Waals surface area contributed by atoms with Crippen molar-refractivity contribution >= 4 is 29.3 Å². The Kier molecular flexibility index (Phi) is 4.57. The molecule has 2 aromatic rings. The van der Waals surface area contributed by atoms with E-state index in [-0.39, 0.29) is 22.9 Å².